The molecule has 3 heterocycles. The molecule has 0 fully saturated rings. The average Bonchev–Trinajstić information content (AvgIpc) is 3.05. The van der Waals surface area contributed by atoms with Crippen molar-refractivity contribution >= 4 is 11.9 Å². The van der Waals surface area contributed by atoms with E-state index in [1.54, 1.807) is 12.3 Å². The summed E-state index contributed by atoms with van der Waals surface area (Å²) in [7, 11) is 0. The van der Waals surface area contributed by atoms with Gasteiger partial charge in [0.25, 0.3) is 5.88 Å². The summed E-state index contributed by atoms with van der Waals surface area (Å²) in [4.78, 5) is 4.28. The third-order valence-corrected chi connectivity index (χ3v) is 4.18. The van der Waals surface area contributed by atoms with E-state index in [0.29, 0.717) is 34.6 Å². The Hall–Kier alpha value is -3.45. The Kier molecular flexibility index (Phi) is 3.32. The number of benzene rings is 2. The van der Waals surface area contributed by atoms with E-state index in [9.17, 15) is 0 Å². The van der Waals surface area contributed by atoms with Crippen LogP contribution in [-0.4, -0.2) is 16.4 Å². The van der Waals surface area contributed by atoms with Gasteiger partial charge in [-0.1, -0.05) is 18.2 Å². The van der Waals surface area contributed by atoms with Crippen LogP contribution in [0.25, 0.3) is 0 Å². The zero-order chi connectivity index (χ0) is 17.5. The molecule has 1 aromatic heterocycles. The van der Waals surface area contributed by atoms with E-state index in [2.05, 4.69) is 15.2 Å². The van der Waals surface area contributed by atoms with Crippen molar-refractivity contribution in [1.29, 1.82) is 0 Å². The third kappa shape index (κ3) is 2.55. The maximum atomic E-state index is 5.93. The molecule has 2 N–H and O–H groups in total. The third-order valence-electron chi connectivity index (χ3n) is 4.18. The Morgan fingerprint density at radius 2 is 1.81 bits per heavy atom. The minimum Gasteiger partial charge on any atom is -0.487 e. The second-order valence-electron chi connectivity index (χ2n) is 5.97. The molecule has 128 valence electrons. The van der Waals surface area contributed by atoms with Crippen LogP contribution in [0.5, 0.6) is 28.9 Å². The number of hydrogen-bond donors (Lipinski definition) is 1. The van der Waals surface area contributed by atoms with Crippen molar-refractivity contribution in [3.63, 3.8) is 0 Å². The normalized spacial score (nSPS) is 16.1. The number of nitrogens with two attached hydrogens (primary N) is 1. The highest BCUT2D eigenvalue weighted by molar-refractivity contribution is 5.80. The molecule has 2 aliphatic rings. The van der Waals surface area contributed by atoms with Gasteiger partial charge in [0, 0.05) is 23.9 Å². The van der Waals surface area contributed by atoms with Crippen molar-refractivity contribution in [2.75, 3.05) is 0 Å². The first-order chi connectivity index (χ1) is 12.8. The second kappa shape index (κ2) is 5.82. The van der Waals surface area contributed by atoms with Crippen LogP contribution in [-0.2, 0) is 6.61 Å². The van der Waals surface area contributed by atoms with Gasteiger partial charge in [-0.25, -0.2) is 0 Å². The van der Waals surface area contributed by atoms with Crippen LogP contribution >= 0.6 is 0 Å². The molecule has 0 bridgehead atoms. The lowest BCUT2D eigenvalue weighted by molar-refractivity contribution is 0.294. The lowest BCUT2D eigenvalue weighted by Crippen LogP contribution is -2.07. The number of fused-ring (bicyclic) bond motifs is 3. The van der Waals surface area contributed by atoms with Gasteiger partial charge in [0.15, 0.2) is 17.2 Å². The maximum Gasteiger partial charge on any atom is 0.282 e. The van der Waals surface area contributed by atoms with E-state index < -0.39 is 0 Å². The Morgan fingerprint density at radius 1 is 0.962 bits per heavy atom. The Balaban J connectivity index is 1.33. The molecule has 3 aromatic rings. The predicted molar refractivity (Wildman–Crippen MR) is 94.5 cm³/mol. The molecule has 0 radical (unpaired) electrons. The summed E-state index contributed by atoms with van der Waals surface area (Å²) in [5.74, 6) is 2.81. The zero-order valence-corrected chi connectivity index (χ0v) is 13.6. The Bertz CT molecular complexity index is 1040. The first-order valence-electron chi connectivity index (χ1n) is 8.14. The second-order valence-corrected chi connectivity index (χ2v) is 5.97. The topological polar surface area (TPSA) is 91.9 Å². The van der Waals surface area contributed by atoms with E-state index >= 15 is 0 Å². The summed E-state index contributed by atoms with van der Waals surface area (Å²) >= 11 is 0. The standard InChI is InChI=1S/C19H14N4O3/c20-14-9-21-15-8-12(5-6-13(14)15)24-10-11-7-18-19(23-22-11)26-17-4-2-1-3-16(17)25-18/h1-9,14H,10,20H2. The van der Waals surface area contributed by atoms with Crippen LogP contribution in [0.4, 0.5) is 5.69 Å². The lowest BCUT2D eigenvalue weighted by atomic mass is 10.1. The average molecular weight is 346 g/mol. The van der Waals surface area contributed by atoms with Crippen LogP contribution in [0.15, 0.2) is 53.5 Å². The number of aromatic nitrogens is 2. The molecule has 0 saturated heterocycles. The molecule has 7 heteroatoms. The number of hydrogen-bond acceptors (Lipinski definition) is 7. The first-order valence-corrected chi connectivity index (χ1v) is 8.14. The van der Waals surface area contributed by atoms with Gasteiger partial charge in [-0.2, -0.15) is 0 Å². The molecule has 2 aliphatic heterocycles. The van der Waals surface area contributed by atoms with Crippen molar-refractivity contribution in [2.45, 2.75) is 12.6 Å². The van der Waals surface area contributed by atoms with Crippen molar-refractivity contribution in [3.05, 3.63) is 59.8 Å². The van der Waals surface area contributed by atoms with Crippen molar-refractivity contribution in [2.24, 2.45) is 10.7 Å². The fourth-order valence-corrected chi connectivity index (χ4v) is 2.86. The molecule has 1 atom stereocenters. The number of aliphatic imine (C=N–C) groups is 1. The minimum atomic E-state index is -0.148. The molecule has 26 heavy (non-hydrogen) atoms. The molecule has 7 nitrogen and oxygen atoms in total. The van der Waals surface area contributed by atoms with Crippen LogP contribution in [0.1, 0.15) is 17.3 Å². The molecule has 0 amide bonds. The zero-order valence-electron chi connectivity index (χ0n) is 13.6. The maximum absolute atomic E-state index is 5.93. The fraction of sp³-hybridized carbons (Fsp3) is 0.105. The van der Waals surface area contributed by atoms with E-state index in [1.165, 1.54) is 0 Å². The monoisotopic (exact) mass is 346 g/mol. The van der Waals surface area contributed by atoms with Gasteiger partial charge < -0.3 is 19.9 Å². The Labute approximate surface area is 149 Å². The molecule has 2 aromatic carbocycles. The van der Waals surface area contributed by atoms with Gasteiger partial charge in [-0.15, -0.1) is 10.2 Å². The number of ether oxygens (including phenoxy) is 3. The summed E-state index contributed by atoms with van der Waals surface area (Å²) in [5.41, 5.74) is 8.39. The predicted octanol–water partition coefficient (Wildman–Crippen LogP) is 3.67. The molecule has 0 aliphatic carbocycles. The van der Waals surface area contributed by atoms with Gasteiger partial charge in [-0.3, -0.25) is 4.99 Å². The highest BCUT2D eigenvalue weighted by Gasteiger charge is 2.21. The summed E-state index contributed by atoms with van der Waals surface area (Å²) in [6, 6.07) is 14.7. The van der Waals surface area contributed by atoms with E-state index in [0.717, 1.165) is 11.3 Å². The van der Waals surface area contributed by atoms with E-state index in [4.69, 9.17) is 19.9 Å². The van der Waals surface area contributed by atoms with Gasteiger partial charge in [-0.05, 0) is 18.2 Å². The SMILES string of the molecule is NC1C=Nc2cc(OCc3cc4c(nn3)Oc3ccccc3O4)ccc21. The van der Waals surface area contributed by atoms with Gasteiger partial charge >= 0.3 is 0 Å². The highest BCUT2D eigenvalue weighted by atomic mass is 16.6. The number of para-hydroxylation sites is 2. The van der Waals surface area contributed by atoms with E-state index in [1.807, 2.05) is 42.5 Å². The van der Waals surface area contributed by atoms with E-state index in [-0.39, 0.29) is 12.6 Å². The molecule has 1 unspecified atom stereocenters. The summed E-state index contributed by atoms with van der Waals surface area (Å²) in [6.07, 6.45) is 1.72. The lowest BCUT2D eigenvalue weighted by Gasteiger charge is -2.19. The number of nitrogens with zero attached hydrogens (tertiary/aromatic N) is 3. The van der Waals surface area contributed by atoms with Crippen molar-refractivity contribution in [3.8, 4) is 28.9 Å². The van der Waals surface area contributed by atoms with Gasteiger partial charge in [0.2, 0.25) is 0 Å². The van der Waals surface area contributed by atoms with Crippen LogP contribution in [0, 0.1) is 0 Å². The minimum absolute atomic E-state index is 0.148. The summed E-state index contributed by atoms with van der Waals surface area (Å²) in [6.45, 7) is 0.250. The molecular formula is C19H14N4O3. The molecule has 0 saturated carbocycles. The first kappa shape index (κ1) is 14.9. The van der Waals surface area contributed by atoms with Crippen molar-refractivity contribution < 1.29 is 14.2 Å². The number of rotatable bonds is 3. The Morgan fingerprint density at radius 3 is 2.69 bits per heavy atom. The van der Waals surface area contributed by atoms with Gasteiger partial charge in [0.1, 0.15) is 18.1 Å². The summed E-state index contributed by atoms with van der Waals surface area (Å²) < 4.78 is 17.3. The largest absolute Gasteiger partial charge is 0.487 e. The van der Waals surface area contributed by atoms with Crippen molar-refractivity contribution in [1.82, 2.24) is 10.2 Å². The van der Waals surface area contributed by atoms with Crippen LogP contribution in [0.3, 0.4) is 0 Å². The fourth-order valence-electron chi connectivity index (χ4n) is 2.86. The molecule has 0 spiro atoms. The quantitative estimate of drug-likeness (QED) is 0.608. The van der Waals surface area contributed by atoms with Crippen LogP contribution in [0.2, 0.25) is 0 Å². The smallest absolute Gasteiger partial charge is 0.282 e. The molecular weight excluding hydrogens is 332 g/mol. The highest BCUT2D eigenvalue weighted by Crippen LogP contribution is 2.43. The summed E-state index contributed by atoms with van der Waals surface area (Å²) in [5, 5.41) is 8.22. The van der Waals surface area contributed by atoms with Crippen LogP contribution < -0.4 is 19.9 Å². The molecule has 5 rings (SSSR count). The van der Waals surface area contributed by atoms with Gasteiger partial charge in [0.05, 0.1) is 11.7 Å².